The first kappa shape index (κ1) is 69.2. The van der Waals surface area contributed by atoms with E-state index in [4.69, 9.17) is 23.7 Å². The summed E-state index contributed by atoms with van der Waals surface area (Å²) in [6, 6.07) is 0. The van der Waals surface area contributed by atoms with Crippen LogP contribution >= 0.6 is 0 Å². The molecular weight excluding hydrogens is 949 g/mol. The number of carbonyl (C=O) groups excluding carboxylic acids is 3. The van der Waals surface area contributed by atoms with Crippen molar-refractivity contribution < 1.29 is 58.2 Å². The summed E-state index contributed by atoms with van der Waals surface area (Å²) in [7, 11) is 0. The summed E-state index contributed by atoms with van der Waals surface area (Å²) in [6.07, 6.45) is 51.7. The number of carbonyl (C=O) groups is 4. The Labute approximate surface area is 455 Å². The van der Waals surface area contributed by atoms with Gasteiger partial charge in [-0.3, -0.25) is 14.4 Å². The van der Waals surface area contributed by atoms with Crippen LogP contribution in [0.15, 0.2) is 72.9 Å². The second kappa shape index (κ2) is 50.9. The van der Waals surface area contributed by atoms with E-state index in [1.54, 1.807) is 0 Å². The molecule has 1 rings (SSSR count). The highest BCUT2D eigenvalue weighted by Crippen LogP contribution is 2.26. The third-order valence-corrected chi connectivity index (χ3v) is 13.2. The number of ether oxygens (including phenoxy) is 5. The first-order valence-electron chi connectivity index (χ1n) is 29.9. The van der Waals surface area contributed by atoms with Gasteiger partial charge in [-0.1, -0.05) is 203 Å². The van der Waals surface area contributed by atoms with Gasteiger partial charge in [-0.2, -0.15) is 0 Å². The fourth-order valence-corrected chi connectivity index (χ4v) is 8.65. The van der Waals surface area contributed by atoms with Crippen LogP contribution in [0.4, 0.5) is 0 Å². The minimum atomic E-state index is -1.92. The van der Waals surface area contributed by atoms with E-state index in [2.05, 4.69) is 93.7 Å². The van der Waals surface area contributed by atoms with Crippen LogP contribution in [0.5, 0.6) is 0 Å². The van der Waals surface area contributed by atoms with Gasteiger partial charge in [-0.15, -0.1) is 0 Å². The maximum Gasteiger partial charge on any atom is 0.335 e. The monoisotopic (exact) mass is 1050 g/mol. The Kier molecular flexibility index (Phi) is 47.0. The third-order valence-electron chi connectivity index (χ3n) is 13.2. The molecule has 12 heteroatoms. The van der Waals surface area contributed by atoms with Crippen LogP contribution in [0.1, 0.15) is 252 Å². The van der Waals surface area contributed by atoms with Crippen LogP contribution in [-0.2, 0) is 42.9 Å². The second-order valence-electron chi connectivity index (χ2n) is 20.2. The smallest absolute Gasteiger partial charge is 0.335 e. The molecule has 0 bridgehead atoms. The largest absolute Gasteiger partial charge is 0.479 e. The number of esters is 3. The number of carboxylic acids is 1. The first-order valence-corrected chi connectivity index (χ1v) is 29.9. The highest BCUT2D eigenvalue weighted by atomic mass is 16.7. The fourth-order valence-electron chi connectivity index (χ4n) is 8.65. The molecule has 0 amide bonds. The number of allylic oxidation sites excluding steroid dienone is 12. The summed E-state index contributed by atoms with van der Waals surface area (Å²) in [4.78, 5) is 51.1. The average molecular weight is 1060 g/mol. The molecule has 6 unspecified atom stereocenters. The zero-order valence-electron chi connectivity index (χ0n) is 47.3. The van der Waals surface area contributed by atoms with Gasteiger partial charge in [0, 0.05) is 19.3 Å². The van der Waals surface area contributed by atoms with E-state index >= 15 is 0 Å². The van der Waals surface area contributed by atoms with E-state index in [0.717, 1.165) is 109 Å². The first-order chi connectivity index (χ1) is 36.6. The molecule has 0 spiro atoms. The van der Waals surface area contributed by atoms with E-state index in [1.807, 2.05) is 0 Å². The normalized spacial score (nSPS) is 18.7. The number of hydrogen-bond donors (Lipinski definition) is 3. The van der Waals surface area contributed by atoms with Crippen molar-refractivity contribution >= 4 is 23.9 Å². The van der Waals surface area contributed by atoms with Gasteiger partial charge in [-0.25, -0.2) is 4.79 Å². The summed E-state index contributed by atoms with van der Waals surface area (Å²) in [5.41, 5.74) is 0. The Morgan fingerprint density at radius 1 is 0.453 bits per heavy atom. The Balaban J connectivity index is 2.68. The van der Waals surface area contributed by atoms with Gasteiger partial charge in [0.15, 0.2) is 24.6 Å². The maximum absolute atomic E-state index is 13.1. The van der Waals surface area contributed by atoms with Crippen molar-refractivity contribution in [3.8, 4) is 0 Å². The summed E-state index contributed by atoms with van der Waals surface area (Å²) in [5, 5.41) is 31.4. The van der Waals surface area contributed by atoms with Crippen LogP contribution in [-0.4, -0.2) is 89.2 Å². The van der Waals surface area contributed by atoms with Gasteiger partial charge >= 0.3 is 23.9 Å². The molecule has 1 aliphatic heterocycles. The van der Waals surface area contributed by atoms with E-state index in [-0.39, 0.29) is 25.9 Å². The summed E-state index contributed by atoms with van der Waals surface area (Å²) in [5.74, 6) is -3.18. The Hall–Kier alpha value is -3.84. The number of aliphatic hydroxyl groups excluding tert-OH is 2. The van der Waals surface area contributed by atoms with Gasteiger partial charge in [0.1, 0.15) is 18.8 Å². The quantitative estimate of drug-likeness (QED) is 0.0228. The number of hydrogen-bond acceptors (Lipinski definition) is 11. The van der Waals surface area contributed by atoms with E-state index in [1.165, 1.54) is 83.5 Å². The number of rotatable bonds is 50. The van der Waals surface area contributed by atoms with Crippen molar-refractivity contribution in [2.45, 2.75) is 289 Å². The lowest BCUT2D eigenvalue weighted by Gasteiger charge is -2.40. The summed E-state index contributed by atoms with van der Waals surface area (Å²) < 4.78 is 28.4. The van der Waals surface area contributed by atoms with Crippen molar-refractivity contribution in [2.75, 3.05) is 13.2 Å². The van der Waals surface area contributed by atoms with Crippen molar-refractivity contribution in [1.29, 1.82) is 0 Å². The van der Waals surface area contributed by atoms with Crippen molar-refractivity contribution in [1.82, 2.24) is 0 Å². The highest BCUT2D eigenvalue weighted by Gasteiger charge is 2.50. The van der Waals surface area contributed by atoms with E-state index in [0.29, 0.717) is 19.3 Å². The van der Waals surface area contributed by atoms with Gasteiger partial charge in [-0.05, 0) is 103 Å². The average Bonchev–Trinajstić information content (AvgIpc) is 3.39. The van der Waals surface area contributed by atoms with E-state index < -0.39 is 67.3 Å². The molecule has 1 aliphatic rings. The van der Waals surface area contributed by atoms with Crippen molar-refractivity contribution in [2.24, 2.45) is 0 Å². The van der Waals surface area contributed by atoms with Crippen LogP contribution in [0, 0.1) is 0 Å². The van der Waals surface area contributed by atoms with Crippen LogP contribution in [0.2, 0.25) is 0 Å². The maximum atomic E-state index is 13.1. The number of carboxylic acid groups (broad SMARTS) is 1. The molecule has 430 valence electrons. The predicted molar refractivity (Wildman–Crippen MR) is 303 cm³/mol. The Bertz CT molecular complexity index is 1580. The molecule has 0 saturated carbocycles. The molecule has 0 aromatic rings. The number of unbranched alkanes of at least 4 members (excludes halogenated alkanes) is 24. The molecular formula is C63H106O12. The molecule has 1 fully saturated rings. The lowest BCUT2D eigenvalue weighted by Crippen LogP contribution is -2.61. The molecule has 0 radical (unpaired) electrons. The van der Waals surface area contributed by atoms with Crippen LogP contribution < -0.4 is 0 Å². The van der Waals surface area contributed by atoms with Gasteiger partial charge in [0.05, 0.1) is 6.61 Å². The fraction of sp³-hybridized carbons (Fsp3) is 0.746. The lowest BCUT2D eigenvalue weighted by molar-refractivity contribution is -0.301. The summed E-state index contributed by atoms with van der Waals surface area (Å²) in [6.45, 7) is 5.78. The summed E-state index contributed by atoms with van der Waals surface area (Å²) >= 11 is 0. The molecule has 0 aliphatic carbocycles. The Morgan fingerprint density at radius 2 is 0.867 bits per heavy atom. The molecule has 75 heavy (non-hydrogen) atoms. The zero-order chi connectivity index (χ0) is 54.7. The molecule has 12 nitrogen and oxygen atoms in total. The number of aliphatic hydroxyl groups is 2. The molecule has 1 heterocycles. The zero-order valence-corrected chi connectivity index (χ0v) is 47.3. The minimum Gasteiger partial charge on any atom is -0.479 e. The van der Waals surface area contributed by atoms with Crippen molar-refractivity contribution in [3.63, 3.8) is 0 Å². The number of aliphatic carboxylic acids is 1. The highest BCUT2D eigenvalue weighted by molar-refractivity contribution is 5.74. The van der Waals surface area contributed by atoms with Crippen molar-refractivity contribution in [3.05, 3.63) is 72.9 Å². The van der Waals surface area contributed by atoms with Gasteiger partial charge < -0.3 is 39.0 Å². The van der Waals surface area contributed by atoms with Gasteiger partial charge in [0.2, 0.25) is 0 Å². The minimum absolute atomic E-state index is 0.0219. The second-order valence-corrected chi connectivity index (χ2v) is 20.2. The van der Waals surface area contributed by atoms with Crippen LogP contribution in [0.3, 0.4) is 0 Å². The molecule has 6 atom stereocenters. The molecule has 1 saturated heterocycles. The van der Waals surface area contributed by atoms with Gasteiger partial charge in [0.25, 0.3) is 0 Å². The topological polar surface area (TPSA) is 175 Å². The molecule has 0 aromatic carbocycles. The predicted octanol–water partition coefficient (Wildman–Crippen LogP) is 15.3. The lowest BCUT2D eigenvalue weighted by atomic mass is 9.98. The molecule has 3 N–H and O–H groups in total. The van der Waals surface area contributed by atoms with E-state index in [9.17, 15) is 34.5 Å². The standard InChI is InChI=1S/C63H106O12/c1-4-7-10-13-16-19-22-25-26-27-28-29-30-33-34-37-40-43-46-49-55(64)71-52-54(73-56(65)50-47-44-41-38-35-31-23-20-17-14-11-8-5-2)53-72-63-61(59(68)58(67)60(75-63)62(69)70)74-57(66)51-48-45-42-39-36-32-24-21-18-15-12-9-6-3/h9,11-12,14,18,20-21,23,25-26,32,36,54,58-61,63,67-68H,4-8,10,13,15-17,19,22,24,27-31,33-35,37-53H2,1-3H3,(H,69,70)/b12-9-,14-11-,21-18-,23-20-,26-25-,36-32-. The van der Waals surface area contributed by atoms with Crippen LogP contribution in [0.25, 0.3) is 0 Å². The SMILES string of the molecule is CC/C=C\C/C=C\C/C=C\CCCCCC(=O)OC1C(OCC(COC(=O)CCCCCCCCCCC/C=C\CCCCCCCC)OC(=O)CCCCCCC/C=C\C/C=C\CCC)OC(C(=O)O)C(O)C1O. The third kappa shape index (κ3) is 41.0. The molecule has 0 aromatic heterocycles. The Morgan fingerprint density at radius 3 is 1.36 bits per heavy atom.